The van der Waals surface area contributed by atoms with Crippen molar-refractivity contribution in [2.24, 2.45) is 0 Å². The molecule has 2 aromatic rings. The molecule has 0 saturated heterocycles. The Bertz CT molecular complexity index is 600. The molecule has 0 saturated carbocycles. The highest BCUT2D eigenvalue weighted by atomic mass is 16.5. The van der Waals surface area contributed by atoms with E-state index in [2.05, 4.69) is 15.3 Å². The standard InChI is InChI=1S/C15H19N3O4/c1-10-16-7-12(18-10)14(20)13(19)8-17-15(21)22-9-11-5-3-2-4-6-11/h2-7,13-14,19-20H,8-9H2,1H3,(H,16,18)(H,17,21). The first-order valence-corrected chi connectivity index (χ1v) is 6.88. The minimum atomic E-state index is -1.16. The zero-order valence-electron chi connectivity index (χ0n) is 12.2. The van der Waals surface area contributed by atoms with Crippen LogP contribution in [0.4, 0.5) is 4.79 Å². The maximum absolute atomic E-state index is 11.5. The molecule has 2 atom stereocenters. The number of carbonyl (C=O) groups excluding carboxylic acids is 1. The maximum Gasteiger partial charge on any atom is 0.407 e. The number of H-pyrrole nitrogens is 1. The number of aryl methyl sites for hydroxylation is 1. The highest BCUT2D eigenvalue weighted by molar-refractivity contribution is 5.67. The van der Waals surface area contributed by atoms with Gasteiger partial charge in [0.15, 0.2) is 0 Å². The number of rotatable bonds is 6. The van der Waals surface area contributed by atoms with Crippen molar-refractivity contribution in [2.75, 3.05) is 6.54 Å². The van der Waals surface area contributed by atoms with Gasteiger partial charge >= 0.3 is 6.09 Å². The van der Waals surface area contributed by atoms with Gasteiger partial charge in [0.2, 0.25) is 0 Å². The SMILES string of the molecule is Cc1ncc(C(O)C(O)CNC(=O)OCc2ccccc2)[nH]1. The monoisotopic (exact) mass is 305 g/mol. The molecule has 0 spiro atoms. The van der Waals surface area contributed by atoms with Crippen molar-refractivity contribution in [3.05, 3.63) is 53.6 Å². The number of aliphatic hydroxyl groups is 2. The first kappa shape index (κ1) is 16.0. The molecule has 0 bridgehead atoms. The summed E-state index contributed by atoms with van der Waals surface area (Å²) < 4.78 is 5.01. The molecule has 0 aliphatic heterocycles. The summed E-state index contributed by atoms with van der Waals surface area (Å²) in [5, 5.41) is 22.2. The predicted molar refractivity (Wildman–Crippen MR) is 78.9 cm³/mol. The third kappa shape index (κ3) is 4.57. The summed E-state index contributed by atoms with van der Waals surface area (Å²) in [6.07, 6.45) is -1.53. The minimum Gasteiger partial charge on any atom is -0.445 e. The van der Waals surface area contributed by atoms with Crippen LogP contribution < -0.4 is 5.32 Å². The molecule has 7 nitrogen and oxygen atoms in total. The number of nitrogens with one attached hydrogen (secondary N) is 2. The first-order chi connectivity index (χ1) is 10.6. The Kier molecular flexibility index (Phi) is 5.51. The average Bonchev–Trinajstić information content (AvgIpc) is 2.97. The number of aliphatic hydroxyl groups excluding tert-OH is 2. The second kappa shape index (κ2) is 7.58. The van der Waals surface area contributed by atoms with Crippen LogP contribution in [-0.4, -0.2) is 38.9 Å². The van der Waals surface area contributed by atoms with Crippen LogP contribution in [-0.2, 0) is 11.3 Å². The summed E-state index contributed by atoms with van der Waals surface area (Å²) >= 11 is 0. The first-order valence-electron chi connectivity index (χ1n) is 6.88. The molecule has 1 aromatic carbocycles. The molecule has 2 rings (SSSR count). The van der Waals surface area contributed by atoms with Gasteiger partial charge < -0.3 is 25.3 Å². The van der Waals surface area contributed by atoms with E-state index in [-0.39, 0.29) is 13.2 Å². The minimum absolute atomic E-state index is 0.132. The summed E-state index contributed by atoms with van der Waals surface area (Å²) in [6, 6.07) is 9.25. The summed E-state index contributed by atoms with van der Waals surface area (Å²) in [5.41, 5.74) is 1.26. The smallest absolute Gasteiger partial charge is 0.407 e. The third-order valence-corrected chi connectivity index (χ3v) is 3.07. The topological polar surface area (TPSA) is 107 Å². The molecule has 2 unspecified atom stereocenters. The molecule has 0 radical (unpaired) electrons. The highest BCUT2D eigenvalue weighted by Gasteiger charge is 2.20. The third-order valence-electron chi connectivity index (χ3n) is 3.07. The van der Waals surface area contributed by atoms with Crippen LogP contribution in [0.25, 0.3) is 0 Å². The number of amides is 1. The molecule has 4 N–H and O–H groups in total. The number of benzene rings is 1. The van der Waals surface area contributed by atoms with E-state index in [9.17, 15) is 15.0 Å². The van der Waals surface area contributed by atoms with Crippen LogP contribution in [0, 0.1) is 6.92 Å². The largest absolute Gasteiger partial charge is 0.445 e. The fraction of sp³-hybridized carbons (Fsp3) is 0.333. The predicted octanol–water partition coefficient (Wildman–Crippen LogP) is 1.04. The molecule has 118 valence electrons. The second-order valence-corrected chi connectivity index (χ2v) is 4.88. The van der Waals surface area contributed by atoms with Crippen LogP contribution in [0.1, 0.15) is 23.2 Å². The summed E-state index contributed by atoms with van der Waals surface area (Å²) in [5.74, 6) is 0.636. The normalized spacial score (nSPS) is 13.4. The van der Waals surface area contributed by atoms with E-state index in [4.69, 9.17) is 4.74 Å². The number of aromatic nitrogens is 2. The van der Waals surface area contributed by atoms with Gasteiger partial charge in [-0.2, -0.15) is 0 Å². The van der Waals surface area contributed by atoms with Crippen LogP contribution in [0.3, 0.4) is 0 Å². The second-order valence-electron chi connectivity index (χ2n) is 4.88. The van der Waals surface area contributed by atoms with Crippen molar-refractivity contribution >= 4 is 6.09 Å². The van der Waals surface area contributed by atoms with E-state index in [0.29, 0.717) is 11.5 Å². The van der Waals surface area contributed by atoms with Gasteiger partial charge in [0.1, 0.15) is 24.6 Å². The van der Waals surface area contributed by atoms with Gasteiger partial charge in [0.05, 0.1) is 11.9 Å². The van der Waals surface area contributed by atoms with E-state index in [1.54, 1.807) is 6.92 Å². The van der Waals surface area contributed by atoms with Crippen molar-refractivity contribution in [3.8, 4) is 0 Å². The molecule has 22 heavy (non-hydrogen) atoms. The lowest BCUT2D eigenvalue weighted by Crippen LogP contribution is -2.35. The van der Waals surface area contributed by atoms with Crippen molar-refractivity contribution in [3.63, 3.8) is 0 Å². The lowest BCUT2D eigenvalue weighted by Gasteiger charge is -2.17. The Balaban J connectivity index is 1.73. The van der Waals surface area contributed by atoms with E-state index >= 15 is 0 Å². The van der Waals surface area contributed by atoms with Crippen LogP contribution >= 0.6 is 0 Å². The zero-order valence-corrected chi connectivity index (χ0v) is 12.2. The lowest BCUT2D eigenvalue weighted by atomic mass is 10.1. The van der Waals surface area contributed by atoms with E-state index in [1.165, 1.54) is 6.20 Å². The fourth-order valence-corrected chi connectivity index (χ4v) is 1.87. The van der Waals surface area contributed by atoms with Gasteiger partial charge in [-0.05, 0) is 12.5 Å². The maximum atomic E-state index is 11.5. The molecule has 1 heterocycles. The summed E-state index contributed by atoms with van der Waals surface area (Å²) in [4.78, 5) is 18.3. The quantitative estimate of drug-likeness (QED) is 0.638. The molecule has 0 aliphatic carbocycles. The lowest BCUT2D eigenvalue weighted by molar-refractivity contribution is 0.0161. The number of aromatic amines is 1. The fourth-order valence-electron chi connectivity index (χ4n) is 1.87. The van der Waals surface area contributed by atoms with Crippen LogP contribution in [0.2, 0.25) is 0 Å². The number of imidazole rings is 1. The van der Waals surface area contributed by atoms with Crippen molar-refractivity contribution in [1.82, 2.24) is 15.3 Å². The molecule has 1 aromatic heterocycles. The Morgan fingerprint density at radius 2 is 2.09 bits per heavy atom. The van der Waals surface area contributed by atoms with Gasteiger partial charge in [-0.1, -0.05) is 30.3 Å². The van der Waals surface area contributed by atoms with E-state index in [0.717, 1.165) is 5.56 Å². The molecule has 1 amide bonds. The molecular formula is C15H19N3O4. The van der Waals surface area contributed by atoms with Gasteiger partial charge in [0, 0.05) is 6.54 Å². The van der Waals surface area contributed by atoms with Crippen molar-refractivity contribution in [1.29, 1.82) is 0 Å². The summed E-state index contributed by atoms with van der Waals surface area (Å²) in [7, 11) is 0. The number of hydrogen-bond acceptors (Lipinski definition) is 5. The van der Waals surface area contributed by atoms with Crippen LogP contribution in [0.5, 0.6) is 0 Å². The van der Waals surface area contributed by atoms with Crippen molar-refractivity contribution < 1.29 is 19.7 Å². The van der Waals surface area contributed by atoms with E-state index in [1.807, 2.05) is 30.3 Å². The Hall–Kier alpha value is -2.38. The number of ether oxygens (including phenoxy) is 1. The zero-order chi connectivity index (χ0) is 15.9. The van der Waals surface area contributed by atoms with Crippen LogP contribution in [0.15, 0.2) is 36.5 Å². The van der Waals surface area contributed by atoms with Gasteiger partial charge in [-0.3, -0.25) is 0 Å². The highest BCUT2D eigenvalue weighted by Crippen LogP contribution is 2.14. The molecule has 7 heteroatoms. The van der Waals surface area contributed by atoms with Gasteiger partial charge in [-0.15, -0.1) is 0 Å². The average molecular weight is 305 g/mol. The Morgan fingerprint density at radius 3 is 2.73 bits per heavy atom. The Labute approximate surface area is 128 Å². The molecular weight excluding hydrogens is 286 g/mol. The molecule has 0 aliphatic rings. The van der Waals surface area contributed by atoms with E-state index < -0.39 is 18.3 Å². The number of carbonyl (C=O) groups is 1. The molecule has 0 fully saturated rings. The number of hydrogen-bond donors (Lipinski definition) is 4. The van der Waals surface area contributed by atoms with Gasteiger partial charge in [0.25, 0.3) is 0 Å². The van der Waals surface area contributed by atoms with Gasteiger partial charge in [-0.25, -0.2) is 9.78 Å². The number of alkyl carbamates (subject to hydrolysis) is 1. The summed E-state index contributed by atoms with van der Waals surface area (Å²) in [6.45, 7) is 1.75. The Morgan fingerprint density at radius 1 is 1.36 bits per heavy atom. The number of nitrogens with zero attached hydrogens (tertiary/aromatic N) is 1. The van der Waals surface area contributed by atoms with Crippen molar-refractivity contribution in [2.45, 2.75) is 25.7 Å².